The zero-order valence-electron chi connectivity index (χ0n) is 24.5. The van der Waals surface area contributed by atoms with Crippen molar-refractivity contribution in [2.75, 3.05) is 64.1 Å². The molecule has 12 nitrogen and oxygen atoms in total. The fourth-order valence-corrected chi connectivity index (χ4v) is 6.43. The second-order valence-electron chi connectivity index (χ2n) is 11.1. The van der Waals surface area contributed by atoms with Gasteiger partial charge in [-0.15, -0.1) is 0 Å². The number of likely N-dealkylation sites (N-methyl/N-ethyl adjacent to an activating group) is 1. The molecule has 0 atom stereocenters. The van der Waals surface area contributed by atoms with E-state index in [0.717, 1.165) is 38.8 Å². The molecule has 0 amide bonds. The Hall–Kier alpha value is -4.28. The number of nitrogens with one attached hydrogen (secondary N) is 1. The number of fused-ring (bicyclic) bond motifs is 3. The zero-order chi connectivity index (χ0) is 30.0. The van der Waals surface area contributed by atoms with Gasteiger partial charge in [0.2, 0.25) is 5.88 Å². The Labute approximate surface area is 249 Å². The van der Waals surface area contributed by atoms with Crippen LogP contribution in [-0.4, -0.2) is 83.9 Å². The third-order valence-electron chi connectivity index (χ3n) is 8.52. The van der Waals surface area contributed by atoms with E-state index < -0.39 is 5.82 Å². The highest BCUT2D eigenvalue weighted by Gasteiger charge is 2.45. The number of pyridine rings is 1. The summed E-state index contributed by atoms with van der Waals surface area (Å²) in [4.78, 5) is 23.5. The number of aromatic nitrogens is 4. The average molecular weight is 590 g/mol. The number of anilines is 2. The topological polar surface area (TPSA) is 151 Å². The Morgan fingerprint density at radius 1 is 1.14 bits per heavy atom. The Balaban J connectivity index is 1.48. The van der Waals surface area contributed by atoms with Crippen molar-refractivity contribution in [2.24, 2.45) is 0 Å². The van der Waals surface area contributed by atoms with Gasteiger partial charge in [-0.3, -0.25) is 4.90 Å². The van der Waals surface area contributed by atoms with Crippen LogP contribution in [0, 0.1) is 17.1 Å². The number of nitrogen functional groups attached to an aromatic ring is 1. The number of benzene rings is 1. The van der Waals surface area contributed by atoms with Crippen LogP contribution in [0.15, 0.2) is 22.6 Å². The van der Waals surface area contributed by atoms with Crippen LogP contribution >= 0.6 is 0 Å². The van der Waals surface area contributed by atoms with Gasteiger partial charge < -0.3 is 29.8 Å². The van der Waals surface area contributed by atoms with E-state index in [1.807, 2.05) is 13.1 Å². The number of hydrogen-bond donors (Lipinski definition) is 2. The molecule has 0 spiro atoms. The van der Waals surface area contributed by atoms with Crippen LogP contribution in [0.2, 0.25) is 0 Å². The summed E-state index contributed by atoms with van der Waals surface area (Å²) >= 11 is 0. The molecule has 3 N–H and O–H groups in total. The number of methoxy groups -OCH3 is 1. The van der Waals surface area contributed by atoms with Crippen molar-refractivity contribution in [3.8, 4) is 29.1 Å². The molecule has 2 aliphatic rings. The van der Waals surface area contributed by atoms with Crippen molar-refractivity contribution in [1.82, 2.24) is 30.2 Å². The van der Waals surface area contributed by atoms with Crippen LogP contribution in [0.4, 0.5) is 16.2 Å². The van der Waals surface area contributed by atoms with Gasteiger partial charge in [0.05, 0.1) is 24.2 Å². The number of halogens is 1. The van der Waals surface area contributed by atoms with E-state index in [0.29, 0.717) is 67.1 Å². The molecule has 4 aromatic rings. The molecular weight excluding hydrogens is 553 g/mol. The Morgan fingerprint density at radius 2 is 1.95 bits per heavy atom. The number of rotatable bonds is 12. The molecule has 226 valence electrons. The Morgan fingerprint density at radius 3 is 2.70 bits per heavy atom. The molecule has 0 aliphatic carbocycles. The highest BCUT2D eigenvalue weighted by Crippen LogP contribution is 2.41. The molecule has 43 heavy (non-hydrogen) atoms. The number of unbranched alkanes of at least 4 members (excludes halogenated alkanes) is 1. The van der Waals surface area contributed by atoms with Gasteiger partial charge in [0.25, 0.3) is 6.01 Å². The lowest BCUT2D eigenvalue weighted by Crippen LogP contribution is -2.43. The van der Waals surface area contributed by atoms with Gasteiger partial charge in [-0.25, -0.2) is 9.37 Å². The minimum absolute atomic E-state index is 0.0208. The van der Waals surface area contributed by atoms with Crippen molar-refractivity contribution in [3.63, 3.8) is 0 Å². The van der Waals surface area contributed by atoms with Crippen LogP contribution in [-0.2, 0) is 0 Å². The fraction of sp³-hybridized carbons (Fsp3) is 0.500. The van der Waals surface area contributed by atoms with E-state index in [-0.39, 0.29) is 34.5 Å². The van der Waals surface area contributed by atoms with Crippen LogP contribution in [0.1, 0.15) is 38.5 Å². The Bertz CT molecular complexity index is 1660. The van der Waals surface area contributed by atoms with E-state index >= 15 is 0 Å². The largest absolute Gasteiger partial charge is 0.481 e. The second kappa shape index (κ2) is 12.1. The number of hydrogen-bond acceptors (Lipinski definition) is 12. The molecule has 1 aromatic carbocycles. The Kier molecular flexibility index (Phi) is 8.14. The highest BCUT2D eigenvalue weighted by atomic mass is 19.1. The first-order valence-electron chi connectivity index (χ1n) is 14.7. The molecular formula is C30H36FN9O3. The summed E-state index contributed by atoms with van der Waals surface area (Å²) < 4.78 is 32.0. The third kappa shape index (κ3) is 5.48. The molecule has 2 aliphatic heterocycles. The summed E-state index contributed by atoms with van der Waals surface area (Å²) in [5.74, 6) is 0.318. The summed E-state index contributed by atoms with van der Waals surface area (Å²) in [7, 11) is 3.41. The van der Waals surface area contributed by atoms with Crippen molar-refractivity contribution >= 4 is 34.0 Å². The lowest BCUT2D eigenvalue weighted by atomic mass is 9.95. The smallest absolute Gasteiger partial charge is 0.319 e. The zero-order valence-corrected chi connectivity index (χ0v) is 24.5. The highest BCUT2D eigenvalue weighted by molar-refractivity contribution is 5.97. The fourth-order valence-electron chi connectivity index (χ4n) is 6.43. The van der Waals surface area contributed by atoms with Gasteiger partial charge in [-0.05, 0) is 70.4 Å². The van der Waals surface area contributed by atoms with E-state index in [4.69, 9.17) is 34.6 Å². The van der Waals surface area contributed by atoms with Gasteiger partial charge in [0, 0.05) is 37.2 Å². The van der Waals surface area contributed by atoms with Crippen molar-refractivity contribution in [2.45, 2.75) is 44.1 Å². The monoisotopic (exact) mass is 589 g/mol. The maximum atomic E-state index is 14.6. The van der Waals surface area contributed by atoms with Crippen molar-refractivity contribution in [3.05, 3.63) is 24.0 Å². The number of oxazole rings is 1. The summed E-state index contributed by atoms with van der Waals surface area (Å²) in [5, 5.41) is 12.4. The maximum Gasteiger partial charge on any atom is 0.319 e. The molecule has 2 saturated heterocycles. The predicted molar refractivity (Wildman–Crippen MR) is 161 cm³/mol. The van der Waals surface area contributed by atoms with E-state index in [9.17, 15) is 9.65 Å². The van der Waals surface area contributed by atoms with E-state index in [1.165, 1.54) is 13.2 Å². The van der Waals surface area contributed by atoms with Crippen molar-refractivity contribution in [1.29, 1.82) is 5.26 Å². The van der Waals surface area contributed by atoms with Gasteiger partial charge in [0.15, 0.2) is 17.2 Å². The normalized spacial score (nSPS) is 16.0. The van der Waals surface area contributed by atoms with Crippen LogP contribution in [0.5, 0.6) is 11.9 Å². The summed E-state index contributed by atoms with van der Waals surface area (Å²) in [6, 6.07) is 7.08. The number of nitriles is 1. The van der Waals surface area contributed by atoms with E-state index in [2.05, 4.69) is 26.2 Å². The van der Waals surface area contributed by atoms with Crippen LogP contribution in [0.25, 0.3) is 33.3 Å². The van der Waals surface area contributed by atoms with Gasteiger partial charge in [-0.1, -0.05) is 0 Å². The van der Waals surface area contributed by atoms with E-state index in [1.54, 1.807) is 6.07 Å². The third-order valence-corrected chi connectivity index (χ3v) is 8.52. The molecule has 5 heterocycles. The minimum Gasteiger partial charge on any atom is -0.481 e. The summed E-state index contributed by atoms with van der Waals surface area (Å²) in [6.07, 6.45) is 5.60. The number of ether oxygens (including phenoxy) is 2. The minimum atomic E-state index is -0.569. The predicted octanol–water partition coefficient (Wildman–Crippen LogP) is 3.90. The molecule has 0 bridgehead atoms. The first-order chi connectivity index (χ1) is 21.0. The standard InChI is InChI=1S/C30H36FN9O3/c1-34-12-16-39(13-4-3-11-32)26-24-22(35-29(38-26)42-18-30-9-5-14-40(30)15-6-10-30)17-20(27(36-24)41-2)19-7-8-21(31)25-23(19)37-28(33)43-25/h7-8,17,34H,3-6,9-10,12-16,18H2,1-2H3,(H2,33,37). The SMILES string of the molecule is CNCCN(CCCC#N)c1nc(OCC23CCCN2CCC3)nc2cc(-c3ccc(F)c4oc(N)nc34)c(OC)nc12. The van der Waals surface area contributed by atoms with Crippen molar-refractivity contribution < 1.29 is 18.3 Å². The average Bonchev–Trinajstić information content (AvgIpc) is 3.71. The summed E-state index contributed by atoms with van der Waals surface area (Å²) in [6.45, 7) is 4.62. The second-order valence-corrected chi connectivity index (χ2v) is 11.1. The summed E-state index contributed by atoms with van der Waals surface area (Å²) in [5.41, 5.74) is 8.18. The quantitative estimate of drug-likeness (QED) is 0.231. The maximum absolute atomic E-state index is 14.6. The number of nitrogens with two attached hydrogens (primary N) is 1. The molecule has 0 unspecified atom stereocenters. The molecule has 3 aromatic heterocycles. The lowest BCUT2D eigenvalue weighted by Gasteiger charge is -2.31. The molecule has 0 radical (unpaired) electrons. The lowest BCUT2D eigenvalue weighted by molar-refractivity contribution is 0.108. The first-order valence-corrected chi connectivity index (χ1v) is 14.7. The van der Waals surface area contributed by atoms with Gasteiger partial charge in [0.1, 0.15) is 17.6 Å². The molecule has 0 saturated carbocycles. The number of nitrogens with zero attached hydrogens (tertiary/aromatic N) is 7. The molecule has 13 heteroatoms. The van der Waals surface area contributed by atoms with Crippen LogP contribution in [0.3, 0.4) is 0 Å². The van der Waals surface area contributed by atoms with Crippen LogP contribution < -0.4 is 25.4 Å². The first kappa shape index (κ1) is 28.8. The van der Waals surface area contributed by atoms with Gasteiger partial charge >= 0.3 is 6.01 Å². The molecule has 6 rings (SSSR count). The molecule has 2 fully saturated rings. The van der Waals surface area contributed by atoms with Gasteiger partial charge in [-0.2, -0.15) is 20.2 Å².